The highest BCUT2D eigenvalue weighted by molar-refractivity contribution is 5.32. The van der Waals surface area contributed by atoms with E-state index in [2.05, 4.69) is 83.1 Å². The number of hydrogen-bond acceptors (Lipinski definition) is 0. The fourth-order valence-electron chi connectivity index (χ4n) is 4.00. The van der Waals surface area contributed by atoms with Crippen molar-refractivity contribution in [3.05, 3.63) is 70.8 Å². The molecule has 0 heteroatoms. The van der Waals surface area contributed by atoms with Crippen molar-refractivity contribution < 1.29 is 0 Å². The molecule has 0 saturated heterocycles. The van der Waals surface area contributed by atoms with Gasteiger partial charge >= 0.3 is 0 Å². The molecule has 2 aromatic carbocycles. The first-order valence-corrected chi connectivity index (χ1v) is 9.55. The normalized spacial score (nSPS) is 21.4. The Labute approximate surface area is 148 Å². The van der Waals surface area contributed by atoms with Crippen LogP contribution in [0.25, 0.3) is 0 Å². The molecule has 0 bridgehead atoms. The summed E-state index contributed by atoms with van der Waals surface area (Å²) in [6.45, 7) is 11.4. The second kappa shape index (κ2) is 6.75. The monoisotopic (exact) mass is 320 g/mol. The Morgan fingerprint density at radius 2 is 1.21 bits per heavy atom. The largest absolute Gasteiger partial charge is 0.0587 e. The Hall–Kier alpha value is -1.56. The summed E-state index contributed by atoms with van der Waals surface area (Å²) >= 11 is 0. The summed E-state index contributed by atoms with van der Waals surface area (Å²) < 4.78 is 0. The predicted octanol–water partition coefficient (Wildman–Crippen LogP) is 7.16. The predicted molar refractivity (Wildman–Crippen MR) is 105 cm³/mol. The minimum atomic E-state index is 0.245. The molecule has 0 N–H and O–H groups in total. The van der Waals surface area contributed by atoms with Crippen molar-refractivity contribution in [2.24, 2.45) is 0 Å². The van der Waals surface area contributed by atoms with Gasteiger partial charge in [-0.3, -0.25) is 0 Å². The highest BCUT2D eigenvalue weighted by Crippen LogP contribution is 2.44. The van der Waals surface area contributed by atoms with Gasteiger partial charge in [0.25, 0.3) is 0 Å². The fourth-order valence-corrected chi connectivity index (χ4v) is 4.00. The molecular weight excluding hydrogens is 288 g/mol. The van der Waals surface area contributed by atoms with E-state index in [1.807, 2.05) is 0 Å². The van der Waals surface area contributed by atoms with Crippen LogP contribution >= 0.6 is 0 Å². The second-order valence-electron chi connectivity index (χ2n) is 8.90. The van der Waals surface area contributed by atoms with Gasteiger partial charge in [-0.2, -0.15) is 0 Å². The molecule has 1 fully saturated rings. The first-order chi connectivity index (χ1) is 11.3. The molecule has 0 amide bonds. The maximum atomic E-state index is 2.37. The van der Waals surface area contributed by atoms with Gasteiger partial charge in [-0.1, -0.05) is 83.1 Å². The van der Waals surface area contributed by atoms with Crippen molar-refractivity contribution in [3.8, 4) is 0 Å². The third kappa shape index (κ3) is 3.74. The number of rotatable bonds is 3. The van der Waals surface area contributed by atoms with Gasteiger partial charge < -0.3 is 0 Å². The first-order valence-electron chi connectivity index (χ1n) is 9.55. The zero-order valence-electron chi connectivity index (χ0n) is 16.0. The van der Waals surface area contributed by atoms with Crippen LogP contribution in [-0.2, 0) is 5.41 Å². The van der Waals surface area contributed by atoms with E-state index in [0.717, 1.165) is 11.8 Å². The molecule has 2 atom stereocenters. The van der Waals surface area contributed by atoms with Crippen LogP contribution in [0.15, 0.2) is 48.5 Å². The van der Waals surface area contributed by atoms with Gasteiger partial charge in [-0.25, -0.2) is 0 Å². The maximum Gasteiger partial charge on any atom is -0.0132 e. The van der Waals surface area contributed by atoms with Crippen molar-refractivity contribution in [3.63, 3.8) is 0 Å². The SMILES string of the molecule is CC(C)c1ccc(C2CCC(c3ccc(C(C)(C)C)cc3)C2)cc1. The van der Waals surface area contributed by atoms with Crippen molar-refractivity contribution in [1.82, 2.24) is 0 Å². The molecule has 1 aliphatic rings. The Morgan fingerprint density at radius 3 is 1.62 bits per heavy atom. The van der Waals surface area contributed by atoms with Gasteiger partial charge in [0.15, 0.2) is 0 Å². The summed E-state index contributed by atoms with van der Waals surface area (Å²) in [5, 5.41) is 0. The fraction of sp³-hybridized carbons (Fsp3) is 0.500. The highest BCUT2D eigenvalue weighted by atomic mass is 14.3. The van der Waals surface area contributed by atoms with E-state index in [1.165, 1.54) is 41.5 Å². The quantitative estimate of drug-likeness (QED) is 0.563. The van der Waals surface area contributed by atoms with Crippen LogP contribution in [0.3, 0.4) is 0 Å². The lowest BCUT2D eigenvalue weighted by Gasteiger charge is -2.20. The molecule has 1 aliphatic carbocycles. The number of benzene rings is 2. The van der Waals surface area contributed by atoms with Gasteiger partial charge in [-0.15, -0.1) is 0 Å². The summed E-state index contributed by atoms with van der Waals surface area (Å²) in [7, 11) is 0. The first kappa shape index (κ1) is 17.3. The van der Waals surface area contributed by atoms with Gasteiger partial charge in [0, 0.05) is 0 Å². The van der Waals surface area contributed by atoms with Crippen LogP contribution in [0.2, 0.25) is 0 Å². The minimum Gasteiger partial charge on any atom is -0.0587 e. The molecule has 2 aromatic rings. The van der Waals surface area contributed by atoms with E-state index in [-0.39, 0.29) is 5.41 Å². The van der Waals surface area contributed by atoms with Gasteiger partial charge in [-0.05, 0) is 64.7 Å². The van der Waals surface area contributed by atoms with E-state index in [1.54, 1.807) is 0 Å². The van der Waals surface area contributed by atoms with Crippen LogP contribution in [0.4, 0.5) is 0 Å². The highest BCUT2D eigenvalue weighted by Gasteiger charge is 2.27. The summed E-state index contributed by atoms with van der Waals surface area (Å²) in [5.41, 5.74) is 6.20. The van der Waals surface area contributed by atoms with Crippen LogP contribution < -0.4 is 0 Å². The van der Waals surface area contributed by atoms with Crippen LogP contribution in [0, 0.1) is 0 Å². The smallest absolute Gasteiger partial charge is 0.0132 e. The molecular formula is C24H32. The molecule has 0 aliphatic heterocycles. The van der Waals surface area contributed by atoms with Crippen LogP contribution in [0.5, 0.6) is 0 Å². The average molecular weight is 321 g/mol. The lowest BCUT2D eigenvalue weighted by atomic mass is 9.85. The van der Waals surface area contributed by atoms with Crippen LogP contribution in [-0.4, -0.2) is 0 Å². The van der Waals surface area contributed by atoms with E-state index in [9.17, 15) is 0 Å². The molecule has 24 heavy (non-hydrogen) atoms. The van der Waals surface area contributed by atoms with Gasteiger partial charge in [0.1, 0.15) is 0 Å². The van der Waals surface area contributed by atoms with Crippen molar-refractivity contribution in [1.29, 1.82) is 0 Å². The van der Waals surface area contributed by atoms with E-state index in [4.69, 9.17) is 0 Å². The summed E-state index contributed by atoms with van der Waals surface area (Å²) in [6.07, 6.45) is 3.95. The van der Waals surface area contributed by atoms with Gasteiger partial charge in [0.2, 0.25) is 0 Å². The molecule has 0 heterocycles. The molecule has 0 radical (unpaired) electrons. The Bertz CT molecular complexity index is 653. The Balaban J connectivity index is 1.69. The van der Waals surface area contributed by atoms with E-state index < -0.39 is 0 Å². The Morgan fingerprint density at radius 1 is 0.750 bits per heavy atom. The van der Waals surface area contributed by atoms with Crippen molar-refractivity contribution >= 4 is 0 Å². The zero-order chi connectivity index (χ0) is 17.3. The lowest BCUT2D eigenvalue weighted by Crippen LogP contribution is -2.10. The zero-order valence-corrected chi connectivity index (χ0v) is 16.0. The number of hydrogen-bond donors (Lipinski definition) is 0. The minimum absolute atomic E-state index is 0.245. The summed E-state index contributed by atoms with van der Waals surface area (Å²) in [6, 6.07) is 18.8. The van der Waals surface area contributed by atoms with E-state index in [0.29, 0.717) is 5.92 Å². The van der Waals surface area contributed by atoms with Crippen molar-refractivity contribution in [2.75, 3.05) is 0 Å². The third-order valence-electron chi connectivity index (χ3n) is 5.76. The standard InChI is InChI=1S/C24H32/c1-17(2)18-6-8-19(9-7-18)21-10-11-22(16-21)20-12-14-23(15-13-20)24(3,4)5/h6-9,12-15,17,21-22H,10-11,16H2,1-5H3. The molecule has 0 spiro atoms. The molecule has 128 valence electrons. The molecule has 1 saturated carbocycles. The Kier molecular flexibility index (Phi) is 4.85. The molecule has 0 nitrogen and oxygen atoms in total. The second-order valence-corrected chi connectivity index (χ2v) is 8.90. The summed E-state index contributed by atoms with van der Waals surface area (Å²) in [4.78, 5) is 0. The summed E-state index contributed by atoms with van der Waals surface area (Å²) in [5.74, 6) is 2.09. The molecule has 3 rings (SSSR count). The van der Waals surface area contributed by atoms with Gasteiger partial charge in [0.05, 0.1) is 0 Å². The lowest BCUT2D eigenvalue weighted by molar-refractivity contribution is 0.589. The van der Waals surface area contributed by atoms with Crippen LogP contribution in [0.1, 0.15) is 93.9 Å². The topological polar surface area (TPSA) is 0 Å². The average Bonchev–Trinajstić information content (AvgIpc) is 3.04. The maximum absolute atomic E-state index is 2.37. The van der Waals surface area contributed by atoms with E-state index >= 15 is 0 Å². The molecule has 2 unspecified atom stereocenters. The molecule has 0 aromatic heterocycles. The third-order valence-corrected chi connectivity index (χ3v) is 5.76. The van der Waals surface area contributed by atoms with Crippen molar-refractivity contribution in [2.45, 2.75) is 77.0 Å².